The van der Waals surface area contributed by atoms with Crippen molar-refractivity contribution in [2.24, 2.45) is 0 Å². The number of thiazole rings is 1. The normalized spacial score (nSPS) is 11.0. The third-order valence-corrected chi connectivity index (χ3v) is 7.19. The van der Waals surface area contributed by atoms with E-state index >= 15 is 0 Å². The summed E-state index contributed by atoms with van der Waals surface area (Å²) < 4.78 is 1.16. The first-order valence-electron chi connectivity index (χ1n) is 9.94. The number of carbonyl (C=O) groups is 1. The fourth-order valence-electron chi connectivity index (χ4n) is 3.30. The molecule has 5 heteroatoms. The fraction of sp³-hybridized carbons (Fsp3) is 0.200. The highest BCUT2D eigenvalue weighted by molar-refractivity contribution is 7.99. The van der Waals surface area contributed by atoms with Crippen LogP contribution in [0.25, 0.3) is 10.2 Å². The minimum atomic E-state index is 0.0918. The fourth-order valence-corrected chi connectivity index (χ4v) is 5.29. The molecule has 0 radical (unpaired) electrons. The molecule has 3 nitrogen and oxygen atoms in total. The van der Waals surface area contributed by atoms with Crippen LogP contribution < -0.4 is 4.90 Å². The summed E-state index contributed by atoms with van der Waals surface area (Å²) in [6.07, 6.45) is 0. The van der Waals surface area contributed by atoms with Crippen LogP contribution in [0.15, 0.2) is 72.8 Å². The van der Waals surface area contributed by atoms with Gasteiger partial charge in [-0.15, -0.1) is 11.8 Å². The Morgan fingerprint density at radius 1 is 0.900 bits per heavy atom. The number of amides is 1. The predicted molar refractivity (Wildman–Crippen MR) is 129 cm³/mol. The van der Waals surface area contributed by atoms with Gasteiger partial charge in [-0.2, -0.15) is 0 Å². The molecule has 0 aliphatic heterocycles. The molecule has 4 rings (SSSR count). The van der Waals surface area contributed by atoms with E-state index in [1.807, 2.05) is 41.3 Å². The summed E-state index contributed by atoms with van der Waals surface area (Å²) in [5, 5.41) is 0.775. The van der Waals surface area contributed by atoms with Gasteiger partial charge in [0.05, 0.1) is 22.5 Å². The van der Waals surface area contributed by atoms with Gasteiger partial charge in [0.25, 0.3) is 0 Å². The van der Waals surface area contributed by atoms with Gasteiger partial charge in [0.2, 0.25) is 5.91 Å². The van der Waals surface area contributed by atoms with Crippen molar-refractivity contribution in [2.75, 3.05) is 10.7 Å². The van der Waals surface area contributed by atoms with Gasteiger partial charge in [-0.1, -0.05) is 84.1 Å². The zero-order valence-corrected chi connectivity index (χ0v) is 18.8. The van der Waals surface area contributed by atoms with Gasteiger partial charge in [0.15, 0.2) is 5.13 Å². The molecule has 0 fully saturated rings. The summed E-state index contributed by atoms with van der Waals surface area (Å²) in [4.78, 5) is 20.0. The number of hydrogen-bond acceptors (Lipinski definition) is 4. The van der Waals surface area contributed by atoms with Crippen molar-refractivity contribution in [1.29, 1.82) is 0 Å². The molecule has 0 unspecified atom stereocenters. The zero-order chi connectivity index (χ0) is 20.9. The molecule has 0 saturated heterocycles. The first kappa shape index (κ1) is 20.6. The van der Waals surface area contributed by atoms with Gasteiger partial charge >= 0.3 is 0 Å². The third kappa shape index (κ3) is 4.74. The van der Waals surface area contributed by atoms with Gasteiger partial charge in [-0.05, 0) is 36.1 Å². The van der Waals surface area contributed by atoms with Crippen molar-refractivity contribution in [3.63, 3.8) is 0 Å². The van der Waals surface area contributed by atoms with Crippen LogP contribution in [0.1, 0.15) is 22.3 Å². The highest BCUT2D eigenvalue weighted by atomic mass is 32.2. The second kappa shape index (κ2) is 9.45. The van der Waals surface area contributed by atoms with Crippen molar-refractivity contribution >= 4 is 44.4 Å². The molecule has 1 heterocycles. The molecular formula is C25H24N2OS2. The number of thioether (sulfide) groups is 1. The minimum Gasteiger partial charge on any atom is -0.283 e. The van der Waals surface area contributed by atoms with Crippen LogP contribution in [0.5, 0.6) is 0 Å². The lowest BCUT2D eigenvalue weighted by Gasteiger charge is -2.20. The second-order valence-electron chi connectivity index (χ2n) is 7.32. The number of anilines is 1. The number of rotatable bonds is 7. The molecular weight excluding hydrogens is 408 g/mol. The molecule has 1 amide bonds. The van der Waals surface area contributed by atoms with Crippen LogP contribution in [0.3, 0.4) is 0 Å². The SMILES string of the molecule is Cc1ccc(C)c2sc(N(Cc3ccccc3)C(=O)CSCc3ccccc3)nc12. The van der Waals surface area contributed by atoms with Crippen LogP contribution in [-0.2, 0) is 17.1 Å². The number of aryl methyl sites for hydroxylation is 2. The first-order valence-corrected chi connectivity index (χ1v) is 11.9. The lowest BCUT2D eigenvalue weighted by Crippen LogP contribution is -2.31. The summed E-state index contributed by atoms with van der Waals surface area (Å²) in [5.74, 6) is 1.34. The molecule has 0 aliphatic rings. The van der Waals surface area contributed by atoms with E-state index in [9.17, 15) is 4.79 Å². The van der Waals surface area contributed by atoms with E-state index in [0.717, 1.165) is 32.2 Å². The molecule has 30 heavy (non-hydrogen) atoms. The van der Waals surface area contributed by atoms with E-state index in [1.165, 1.54) is 11.1 Å². The number of benzene rings is 3. The average molecular weight is 433 g/mol. The Kier molecular flexibility index (Phi) is 6.50. The van der Waals surface area contributed by atoms with Crippen LogP contribution in [0.4, 0.5) is 5.13 Å². The summed E-state index contributed by atoms with van der Waals surface area (Å²) in [5.41, 5.74) is 5.68. The van der Waals surface area contributed by atoms with E-state index < -0.39 is 0 Å². The molecule has 0 saturated carbocycles. The molecule has 0 bridgehead atoms. The Balaban J connectivity index is 1.58. The Labute approximate surface area is 185 Å². The summed E-state index contributed by atoms with van der Waals surface area (Å²) in [6.45, 7) is 4.70. The highest BCUT2D eigenvalue weighted by Gasteiger charge is 2.21. The highest BCUT2D eigenvalue weighted by Crippen LogP contribution is 2.34. The van der Waals surface area contributed by atoms with Gasteiger partial charge in [-0.25, -0.2) is 4.98 Å². The quantitative estimate of drug-likeness (QED) is 0.340. The monoisotopic (exact) mass is 432 g/mol. The first-order chi connectivity index (χ1) is 14.6. The number of hydrogen-bond donors (Lipinski definition) is 0. The Hall–Kier alpha value is -2.63. The third-order valence-electron chi connectivity index (χ3n) is 4.98. The Bertz CT molecular complexity index is 1100. The van der Waals surface area contributed by atoms with Crippen LogP contribution >= 0.6 is 23.1 Å². The molecule has 152 valence electrons. The molecule has 0 aliphatic carbocycles. The van der Waals surface area contributed by atoms with E-state index in [4.69, 9.17) is 4.98 Å². The number of fused-ring (bicyclic) bond motifs is 1. The van der Waals surface area contributed by atoms with Crippen molar-refractivity contribution in [3.05, 3.63) is 95.1 Å². The van der Waals surface area contributed by atoms with E-state index in [0.29, 0.717) is 12.3 Å². The van der Waals surface area contributed by atoms with E-state index in [1.54, 1.807) is 23.1 Å². The van der Waals surface area contributed by atoms with Crippen LogP contribution in [0, 0.1) is 13.8 Å². The Morgan fingerprint density at radius 3 is 2.20 bits per heavy atom. The van der Waals surface area contributed by atoms with E-state index in [2.05, 4.69) is 50.2 Å². The predicted octanol–water partition coefficient (Wildman–Crippen LogP) is 6.38. The van der Waals surface area contributed by atoms with E-state index in [-0.39, 0.29) is 5.91 Å². The van der Waals surface area contributed by atoms with Crippen LogP contribution in [-0.4, -0.2) is 16.6 Å². The zero-order valence-electron chi connectivity index (χ0n) is 17.2. The number of carbonyl (C=O) groups excluding carboxylic acids is 1. The van der Waals surface area contributed by atoms with Crippen molar-refractivity contribution in [2.45, 2.75) is 26.1 Å². The molecule has 0 atom stereocenters. The standard InChI is InChI=1S/C25H24N2OS2/c1-18-13-14-19(2)24-23(18)26-25(30-24)27(15-20-9-5-3-6-10-20)22(28)17-29-16-21-11-7-4-8-12-21/h3-14H,15-17H2,1-2H3. The maximum absolute atomic E-state index is 13.3. The lowest BCUT2D eigenvalue weighted by atomic mass is 10.1. The van der Waals surface area contributed by atoms with Crippen molar-refractivity contribution in [3.8, 4) is 0 Å². The van der Waals surface area contributed by atoms with Gasteiger partial charge in [0, 0.05) is 5.75 Å². The molecule has 3 aromatic carbocycles. The van der Waals surface area contributed by atoms with Gasteiger partial charge < -0.3 is 0 Å². The van der Waals surface area contributed by atoms with Crippen molar-refractivity contribution < 1.29 is 4.79 Å². The summed E-state index contributed by atoms with van der Waals surface area (Å²) in [7, 11) is 0. The minimum absolute atomic E-state index is 0.0918. The van der Waals surface area contributed by atoms with Gasteiger partial charge in [-0.3, -0.25) is 9.69 Å². The van der Waals surface area contributed by atoms with Crippen LogP contribution in [0.2, 0.25) is 0 Å². The largest absolute Gasteiger partial charge is 0.283 e. The number of aromatic nitrogens is 1. The maximum atomic E-state index is 13.3. The molecule has 0 N–H and O–H groups in total. The smallest absolute Gasteiger partial charge is 0.239 e. The number of nitrogens with zero attached hydrogens (tertiary/aromatic N) is 2. The summed E-state index contributed by atoms with van der Waals surface area (Å²) in [6, 6.07) is 24.6. The van der Waals surface area contributed by atoms with Gasteiger partial charge in [0.1, 0.15) is 0 Å². The molecule has 0 spiro atoms. The average Bonchev–Trinajstić information content (AvgIpc) is 3.23. The Morgan fingerprint density at radius 2 is 1.53 bits per heavy atom. The van der Waals surface area contributed by atoms with Crippen molar-refractivity contribution in [1.82, 2.24) is 4.98 Å². The maximum Gasteiger partial charge on any atom is 0.239 e. The topological polar surface area (TPSA) is 33.2 Å². The lowest BCUT2D eigenvalue weighted by molar-refractivity contribution is -0.116. The molecule has 4 aromatic rings. The second-order valence-corrected chi connectivity index (χ2v) is 9.28. The summed E-state index contributed by atoms with van der Waals surface area (Å²) >= 11 is 3.26. The molecule has 1 aromatic heterocycles.